The van der Waals surface area contributed by atoms with E-state index in [0.29, 0.717) is 0 Å². The van der Waals surface area contributed by atoms with Gasteiger partial charge in [-0.1, -0.05) is 6.08 Å². The van der Waals surface area contributed by atoms with Gasteiger partial charge in [0.25, 0.3) is 0 Å². The number of ether oxygens (including phenoxy) is 1. The standard InChI is InChI=1S/C6H11NO/c1-8-3-2-6-4-7-5-6/h2,7H,3-5H2,1H3. The van der Waals surface area contributed by atoms with Crippen LogP contribution in [-0.2, 0) is 4.74 Å². The van der Waals surface area contributed by atoms with Crippen LogP contribution in [0.15, 0.2) is 11.6 Å². The predicted octanol–water partition coefficient (Wildman–Crippen LogP) is 0.162. The van der Waals surface area contributed by atoms with Crippen LogP contribution in [0.4, 0.5) is 0 Å². The van der Waals surface area contributed by atoms with Crippen molar-refractivity contribution in [3.8, 4) is 0 Å². The average molecular weight is 113 g/mol. The topological polar surface area (TPSA) is 21.3 Å². The Kier molecular flexibility index (Phi) is 2.06. The molecule has 0 amide bonds. The van der Waals surface area contributed by atoms with Gasteiger partial charge in [0.05, 0.1) is 6.61 Å². The Morgan fingerprint density at radius 2 is 2.50 bits per heavy atom. The highest BCUT2D eigenvalue weighted by Crippen LogP contribution is 1.98. The summed E-state index contributed by atoms with van der Waals surface area (Å²) in [6, 6.07) is 0. The van der Waals surface area contributed by atoms with Crippen molar-refractivity contribution in [2.45, 2.75) is 0 Å². The smallest absolute Gasteiger partial charge is 0.0647 e. The van der Waals surface area contributed by atoms with Gasteiger partial charge in [-0.25, -0.2) is 0 Å². The van der Waals surface area contributed by atoms with Crippen LogP contribution in [0.25, 0.3) is 0 Å². The second-order valence-corrected chi connectivity index (χ2v) is 1.92. The number of rotatable bonds is 2. The second kappa shape index (κ2) is 2.84. The Bertz CT molecular complexity index is 92.7. The maximum atomic E-state index is 4.84. The van der Waals surface area contributed by atoms with Crippen LogP contribution in [0, 0.1) is 0 Å². The lowest BCUT2D eigenvalue weighted by Crippen LogP contribution is -2.33. The molecule has 2 nitrogen and oxygen atoms in total. The van der Waals surface area contributed by atoms with Gasteiger partial charge in [0.1, 0.15) is 0 Å². The zero-order valence-corrected chi connectivity index (χ0v) is 5.11. The van der Waals surface area contributed by atoms with E-state index in [0.717, 1.165) is 19.7 Å². The van der Waals surface area contributed by atoms with Gasteiger partial charge >= 0.3 is 0 Å². The van der Waals surface area contributed by atoms with E-state index >= 15 is 0 Å². The third-order valence-electron chi connectivity index (χ3n) is 1.24. The summed E-state index contributed by atoms with van der Waals surface area (Å²) in [6.45, 7) is 2.88. The molecule has 1 N–H and O–H groups in total. The molecule has 0 atom stereocenters. The third kappa shape index (κ3) is 1.32. The van der Waals surface area contributed by atoms with Gasteiger partial charge in [0.2, 0.25) is 0 Å². The Balaban J connectivity index is 2.11. The van der Waals surface area contributed by atoms with Crippen molar-refractivity contribution in [2.24, 2.45) is 0 Å². The van der Waals surface area contributed by atoms with Crippen molar-refractivity contribution < 1.29 is 4.74 Å². The third-order valence-corrected chi connectivity index (χ3v) is 1.24. The number of hydrogen-bond acceptors (Lipinski definition) is 2. The molecule has 8 heavy (non-hydrogen) atoms. The number of nitrogens with one attached hydrogen (secondary N) is 1. The summed E-state index contributed by atoms with van der Waals surface area (Å²) in [7, 11) is 1.71. The fourth-order valence-electron chi connectivity index (χ4n) is 0.615. The molecule has 2 heteroatoms. The molecule has 0 aromatic carbocycles. The van der Waals surface area contributed by atoms with Crippen molar-refractivity contribution in [3.63, 3.8) is 0 Å². The Morgan fingerprint density at radius 1 is 1.75 bits per heavy atom. The first-order chi connectivity index (χ1) is 3.93. The highest BCUT2D eigenvalue weighted by molar-refractivity contribution is 5.13. The highest BCUT2D eigenvalue weighted by atomic mass is 16.5. The lowest BCUT2D eigenvalue weighted by atomic mass is 10.1. The van der Waals surface area contributed by atoms with Crippen LogP contribution in [0.5, 0.6) is 0 Å². The van der Waals surface area contributed by atoms with Crippen LogP contribution in [-0.4, -0.2) is 26.8 Å². The first-order valence-corrected chi connectivity index (χ1v) is 2.81. The van der Waals surface area contributed by atoms with Gasteiger partial charge in [0.15, 0.2) is 0 Å². The van der Waals surface area contributed by atoms with E-state index in [1.807, 2.05) is 0 Å². The van der Waals surface area contributed by atoms with Gasteiger partial charge in [-0.3, -0.25) is 0 Å². The minimum Gasteiger partial charge on any atom is -0.381 e. The molecule has 0 unspecified atom stereocenters. The van der Waals surface area contributed by atoms with Crippen molar-refractivity contribution in [2.75, 3.05) is 26.8 Å². The van der Waals surface area contributed by atoms with E-state index in [2.05, 4.69) is 11.4 Å². The summed E-state index contributed by atoms with van der Waals surface area (Å²) < 4.78 is 4.84. The fraction of sp³-hybridized carbons (Fsp3) is 0.667. The van der Waals surface area contributed by atoms with Crippen LogP contribution in [0.1, 0.15) is 0 Å². The van der Waals surface area contributed by atoms with Crippen molar-refractivity contribution in [1.29, 1.82) is 0 Å². The van der Waals surface area contributed by atoms with Gasteiger partial charge in [-0.15, -0.1) is 0 Å². The number of methoxy groups -OCH3 is 1. The molecular formula is C6H11NO. The van der Waals surface area contributed by atoms with Crippen LogP contribution in [0.3, 0.4) is 0 Å². The Labute approximate surface area is 49.5 Å². The monoisotopic (exact) mass is 113 g/mol. The van der Waals surface area contributed by atoms with E-state index in [9.17, 15) is 0 Å². The molecule has 1 aliphatic heterocycles. The summed E-state index contributed by atoms with van der Waals surface area (Å²) >= 11 is 0. The first kappa shape index (κ1) is 5.79. The molecular weight excluding hydrogens is 102 g/mol. The first-order valence-electron chi connectivity index (χ1n) is 2.81. The molecule has 0 aliphatic carbocycles. The molecule has 1 rings (SSSR count). The summed E-state index contributed by atoms with van der Waals surface area (Å²) in [5.41, 5.74) is 1.46. The Hall–Kier alpha value is -0.340. The van der Waals surface area contributed by atoms with Crippen molar-refractivity contribution >= 4 is 0 Å². The van der Waals surface area contributed by atoms with E-state index in [4.69, 9.17) is 4.74 Å². The van der Waals surface area contributed by atoms with Crippen LogP contribution < -0.4 is 5.32 Å². The summed E-state index contributed by atoms with van der Waals surface area (Å²) in [4.78, 5) is 0. The zero-order chi connectivity index (χ0) is 5.82. The minimum absolute atomic E-state index is 0.761. The maximum absolute atomic E-state index is 4.84. The maximum Gasteiger partial charge on any atom is 0.0647 e. The lowest BCUT2D eigenvalue weighted by molar-refractivity contribution is 0.232. The molecule has 1 aliphatic rings. The molecule has 46 valence electrons. The van der Waals surface area contributed by atoms with E-state index in [1.165, 1.54) is 5.57 Å². The van der Waals surface area contributed by atoms with Gasteiger partial charge in [-0.05, 0) is 5.57 Å². The van der Waals surface area contributed by atoms with Crippen molar-refractivity contribution in [3.05, 3.63) is 11.6 Å². The molecule has 0 saturated carbocycles. The quantitative estimate of drug-likeness (QED) is 0.515. The average Bonchev–Trinajstić information content (AvgIpc) is 1.63. The molecule has 1 heterocycles. The predicted molar refractivity (Wildman–Crippen MR) is 32.8 cm³/mol. The SMILES string of the molecule is COCC=C1CNC1. The largest absolute Gasteiger partial charge is 0.381 e. The molecule has 0 aromatic heterocycles. The summed E-state index contributed by atoms with van der Waals surface area (Å²) in [5.74, 6) is 0. The normalized spacial score (nSPS) is 17.9. The zero-order valence-electron chi connectivity index (χ0n) is 5.11. The highest BCUT2D eigenvalue weighted by Gasteiger charge is 2.04. The summed E-state index contributed by atoms with van der Waals surface area (Å²) in [5, 5.41) is 3.15. The van der Waals surface area contributed by atoms with E-state index in [-0.39, 0.29) is 0 Å². The minimum atomic E-state index is 0.761. The van der Waals surface area contributed by atoms with E-state index < -0.39 is 0 Å². The summed E-state index contributed by atoms with van der Waals surface area (Å²) in [6.07, 6.45) is 2.12. The molecule has 0 aromatic rings. The van der Waals surface area contributed by atoms with Gasteiger partial charge in [-0.2, -0.15) is 0 Å². The van der Waals surface area contributed by atoms with Crippen LogP contribution in [0.2, 0.25) is 0 Å². The molecule has 1 fully saturated rings. The molecule has 0 bridgehead atoms. The lowest BCUT2D eigenvalue weighted by Gasteiger charge is -2.17. The van der Waals surface area contributed by atoms with Gasteiger partial charge in [0, 0.05) is 20.2 Å². The fourth-order valence-corrected chi connectivity index (χ4v) is 0.615. The Morgan fingerprint density at radius 3 is 2.88 bits per heavy atom. The molecule has 0 radical (unpaired) electrons. The molecule has 0 spiro atoms. The van der Waals surface area contributed by atoms with Crippen LogP contribution >= 0.6 is 0 Å². The van der Waals surface area contributed by atoms with E-state index in [1.54, 1.807) is 7.11 Å². The number of hydrogen-bond donors (Lipinski definition) is 1. The van der Waals surface area contributed by atoms with Gasteiger partial charge < -0.3 is 10.1 Å². The van der Waals surface area contributed by atoms with Crippen molar-refractivity contribution in [1.82, 2.24) is 5.32 Å². The second-order valence-electron chi connectivity index (χ2n) is 1.92. The molecule has 1 saturated heterocycles.